The molecule has 1 aromatic heterocycles. The third kappa shape index (κ3) is 2.13. The van der Waals surface area contributed by atoms with Gasteiger partial charge >= 0.3 is 0 Å². The van der Waals surface area contributed by atoms with E-state index in [1.165, 1.54) is 12.3 Å². The lowest BCUT2D eigenvalue weighted by molar-refractivity contribution is 0.0181. The van der Waals surface area contributed by atoms with E-state index in [1.54, 1.807) is 12.1 Å². The van der Waals surface area contributed by atoms with E-state index in [9.17, 15) is 8.78 Å². The van der Waals surface area contributed by atoms with Crippen LogP contribution in [-0.2, 0) is 5.92 Å². The Balaban J connectivity index is 2.68. The standard InChI is InChI=1S/C12H13F2N3/c1-7-3-4-10(12(2,13)14)8(5-7)9-6-16-17-11(9)15/h3-6H,1-2H3,(H3,15,16,17). The zero-order valence-electron chi connectivity index (χ0n) is 9.59. The summed E-state index contributed by atoms with van der Waals surface area (Å²) in [7, 11) is 0. The Morgan fingerprint density at radius 3 is 2.53 bits per heavy atom. The molecule has 0 amide bonds. The van der Waals surface area contributed by atoms with Crippen LogP contribution in [0.4, 0.5) is 14.6 Å². The fourth-order valence-corrected chi connectivity index (χ4v) is 1.77. The van der Waals surface area contributed by atoms with Crippen molar-refractivity contribution in [3.8, 4) is 11.1 Å². The number of halogens is 2. The van der Waals surface area contributed by atoms with Gasteiger partial charge in [-0.15, -0.1) is 0 Å². The first-order valence-corrected chi connectivity index (χ1v) is 5.18. The Bertz CT molecular complexity index is 541. The van der Waals surface area contributed by atoms with E-state index in [2.05, 4.69) is 10.2 Å². The van der Waals surface area contributed by atoms with Gasteiger partial charge in [-0.2, -0.15) is 5.10 Å². The predicted molar refractivity (Wildman–Crippen MR) is 62.7 cm³/mol. The molecule has 0 fully saturated rings. The minimum absolute atomic E-state index is 0.0452. The molecule has 0 radical (unpaired) electrons. The number of H-pyrrole nitrogens is 1. The van der Waals surface area contributed by atoms with Gasteiger partial charge in [-0.05, 0) is 12.5 Å². The van der Waals surface area contributed by atoms with E-state index in [-0.39, 0.29) is 5.56 Å². The molecule has 0 bridgehead atoms. The second-order valence-electron chi connectivity index (χ2n) is 4.13. The summed E-state index contributed by atoms with van der Waals surface area (Å²) in [5.74, 6) is -2.62. The van der Waals surface area contributed by atoms with Gasteiger partial charge in [0.2, 0.25) is 0 Å². The number of aryl methyl sites for hydroxylation is 1. The fraction of sp³-hybridized carbons (Fsp3) is 0.250. The van der Waals surface area contributed by atoms with Crippen LogP contribution in [-0.4, -0.2) is 10.2 Å². The van der Waals surface area contributed by atoms with Crippen molar-refractivity contribution >= 4 is 5.82 Å². The lowest BCUT2D eigenvalue weighted by Gasteiger charge is -2.16. The van der Waals surface area contributed by atoms with E-state index < -0.39 is 5.92 Å². The number of aromatic nitrogens is 2. The molecule has 5 heteroatoms. The second kappa shape index (κ2) is 3.84. The van der Waals surface area contributed by atoms with Crippen molar-refractivity contribution in [3.63, 3.8) is 0 Å². The highest BCUT2D eigenvalue weighted by atomic mass is 19.3. The van der Waals surface area contributed by atoms with Crippen molar-refractivity contribution in [2.45, 2.75) is 19.8 Å². The zero-order valence-corrected chi connectivity index (χ0v) is 9.59. The molecule has 3 nitrogen and oxygen atoms in total. The number of nitrogen functional groups attached to an aromatic ring is 1. The number of nitrogens with one attached hydrogen (secondary N) is 1. The number of rotatable bonds is 2. The van der Waals surface area contributed by atoms with Crippen LogP contribution in [0.3, 0.4) is 0 Å². The molecule has 2 aromatic rings. The first-order chi connectivity index (χ1) is 7.89. The summed E-state index contributed by atoms with van der Waals surface area (Å²) in [6, 6.07) is 4.78. The van der Waals surface area contributed by atoms with Gasteiger partial charge in [-0.1, -0.05) is 23.8 Å². The number of nitrogens with two attached hydrogens (primary N) is 1. The summed E-state index contributed by atoms with van der Waals surface area (Å²) in [6.45, 7) is 2.72. The summed E-state index contributed by atoms with van der Waals surface area (Å²) in [5, 5.41) is 6.30. The average molecular weight is 237 g/mol. The number of aromatic amines is 1. The second-order valence-corrected chi connectivity index (χ2v) is 4.13. The number of nitrogens with zero attached hydrogens (tertiary/aromatic N) is 1. The quantitative estimate of drug-likeness (QED) is 0.843. The molecule has 0 saturated carbocycles. The Morgan fingerprint density at radius 2 is 2.00 bits per heavy atom. The molecule has 0 aliphatic carbocycles. The van der Waals surface area contributed by atoms with Gasteiger partial charge in [0.1, 0.15) is 5.82 Å². The first kappa shape index (κ1) is 11.6. The largest absolute Gasteiger partial charge is 0.384 e. The highest BCUT2D eigenvalue weighted by Gasteiger charge is 2.28. The minimum atomic E-state index is -2.91. The van der Waals surface area contributed by atoms with E-state index in [4.69, 9.17) is 5.73 Å². The molecular weight excluding hydrogens is 224 g/mol. The van der Waals surface area contributed by atoms with Crippen molar-refractivity contribution in [1.82, 2.24) is 10.2 Å². The van der Waals surface area contributed by atoms with Crippen LogP contribution in [0, 0.1) is 6.92 Å². The van der Waals surface area contributed by atoms with E-state index in [1.807, 2.05) is 6.92 Å². The Hall–Kier alpha value is -1.91. The zero-order chi connectivity index (χ0) is 12.6. The van der Waals surface area contributed by atoms with Gasteiger partial charge in [-0.25, -0.2) is 8.78 Å². The highest BCUT2D eigenvalue weighted by molar-refractivity contribution is 5.76. The van der Waals surface area contributed by atoms with Crippen molar-refractivity contribution in [1.29, 1.82) is 0 Å². The molecule has 1 aromatic carbocycles. The van der Waals surface area contributed by atoms with E-state index in [0.29, 0.717) is 16.9 Å². The molecule has 3 N–H and O–H groups in total. The van der Waals surface area contributed by atoms with Gasteiger partial charge in [0, 0.05) is 18.1 Å². The van der Waals surface area contributed by atoms with Gasteiger partial charge in [0.15, 0.2) is 0 Å². The van der Waals surface area contributed by atoms with Crippen molar-refractivity contribution in [3.05, 3.63) is 35.5 Å². The maximum absolute atomic E-state index is 13.5. The fourth-order valence-electron chi connectivity index (χ4n) is 1.77. The average Bonchev–Trinajstić information content (AvgIpc) is 2.62. The van der Waals surface area contributed by atoms with Gasteiger partial charge in [-0.3, -0.25) is 5.10 Å². The van der Waals surface area contributed by atoms with Crippen LogP contribution in [0.5, 0.6) is 0 Å². The molecule has 0 aliphatic rings. The van der Waals surface area contributed by atoms with Crippen LogP contribution < -0.4 is 5.73 Å². The smallest absolute Gasteiger partial charge is 0.271 e. The predicted octanol–water partition coefficient (Wildman–Crippen LogP) is 3.08. The molecule has 0 aliphatic heterocycles. The number of alkyl halides is 2. The lowest BCUT2D eigenvalue weighted by Crippen LogP contribution is -2.09. The minimum Gasteiger partial charge on any atom is -0.384 e. The molecule has 0 atom stereocenters. The van der Waals surface area contributed by atoms with Crippen LogP contribution in [0.25, 0.3) is 11.1 Å². The van der Waals surface area contributed by atoms with Gasteiger partial charge < -0.3 is 5.73 Å². The molecule has 0 unspecified atom stereocenters. The maximum atomic E-state index is 13.5. The summed E-state index contributed by atoms with van der Waals surface area (Å²) in [4.78, 5) is 0. The van der Waals surface area contributed by atoms with Crippen LogP contribution in [0.2, 0.25) is 0 Å². The highest BCUT2D eigenvalue weighted by Crippen LogP contribution is 2.37. The Kier molecular flexibility index (Phi) is 2.61. The summed E-state index contributed by atoms with van der Waals surface area (Å²) >= 11 is 0. The molecular formula is C12H13F2N3. The van der Waals surface area contributed by atoms with Crippen molar-refractivity contribution in [2.75, 3.05) is 5.73 Å². The number of hydrogen-bond donors (Lipinski definition) is 2. The summed E-state index contributed by atoms with van der Waals surface area (Å²) in [6.07, 6.45) is 1.46. The third-order valence-electron chi connectivity index (χ3n) is 2.61. The summed E-state index contributed by atoms with van der Waals surface area (Å²) in [5.41, 5.74) is 7.45. The normalized spacial score (nSPS) is 11.8. The molecule has 17 heavy (non-hydrogen) atoms. The molecule has 0 spiro atoms. The van der Waals surface area contributed by atoms with Crippen LogP contribution in [0.1, 0.15) is 18.1 Å². The number of benzene rings is 1. The van der Waals surface area contributed by atoms with Crippen LogP contribution >= 0.6 is 0 Å². The van der Waals surface area contributed by atoms with Crippen molar-refractivity contribution in [2.24, 2.45) is 0 Å². The Morgan fingerprint density at radius 1 is 1.29 bits per heavy atom. The number of anilines is 1. The molecule has 1 heterocycles. The van der Waals surface area contributed by atoms with Crippen molar-refractivity contribution < 1.29 is 8.78 Å². The first-order valence-electron chi connectivity index (χ1n) is 5.18. The van der Waals surface area contributed by atoms with E-state index >= 15 is 0 Å². The summed E-state index contributed by atoms with van der Waals surface area (Å²) < 4.78 is 27.0. The lowest BCUT2D eigenvalue weighted by atomic mass is 9.96. The monoisotopic (exact) mass is 237 g/mol. The van der Waals surface area contributed by atoms with Gasteiger partial charge in [0.05, 0.1) is 6.20 Å². The van der Waals surface area contributed by atoms with E-state index in [0.717, 1.165) is 12.5 Å². The molecule has 0 saturated heterocycles. The third-order valence-corrected chi connectivity index (χ3v) is 2.61. The Labute approximate surface area is 97.7 Å². The maximum Gasteiger partial charge on any atom is 0.271 e. The van der Waals surface area contributed by atoms with Gasteiger partial charge in [0.25, 0.3) is 5.92 Å². The molecule has 2 rings (SSSR count). The molecule has 90 valence electrons. The number of hydrogen-bond acceptors (Lipinski definition) is 2. The SMILES string of the molecule is Cc1ccc(C(C)(F)F)c(-c2cn[nH]c2N)c1. The van der Waals surface area contributed by atoms with Crippen LogP contribution in [0.15, 0.2) is 24.4 Å². The topological polar surface area (TPSA) is 54.7 Å².